The number of aromatic nitrogens is 1. The number of nitrogens with one attached hydrogen (secondary N) is 1. The van der Waals surface area contributed by atoms with Crippen LogP contribution in [0.1, 0.15) is 70.0 Å². The van der Waals surface area contributed by atoms with Gasteiger partial charge in [0.1, 0.15) is 0 Å². The Bertz CT molecular complexity index is 1780. The fourth-order valence-corrected chi connectivity index (χ4v) is 6.17. The molecule has 1 aromatic heterocycles. The highest BCUT2D eigenvalue weighted by Gasteiger charge is 2.34. The monoisotopic (exact) mass is 657 g/mol. The number of hydrogen-bond acceptors (Lipinski definition) is 7. The van der Waals surface area contributed by atoms with Crippen molar-refractivity contribution >= 4 is 5.91 Å². The van der Waals surface area contributed by atoms with Crippen molar-refractivity contribution in [3.05, 3.63) is 161 Å². The van der Waals surface area contributed by atoms with Crippen molar-refractivity contribution < 1.29 is 24.5 Å². The Hall–Kier alpha value is -4.70. The van der Waals surface area contributed by atoms with Gasteiger partial charge in [-0.2, -0.15) is 0 Å². The van der Waals surface area contributed by atoms with E-state index in [-0.39, 0.29) is 30.8 Å². The molecule has 0 radical (unpaired) electrons. The van der Waals surface area contributed by atoms with E-state index >= 15 is 0 Å². The predicted molar refractivity (Wildman–Crippen MR) is 189 cm³/mol. The van der Waals surface area contributed by atoms with Crippen molar-refractivity contribution in [1.82, 2.24) is 15.2 Å². The Balaban J connectivity index is 1.16. The molecule has 0 saturated carbocycles. The minimum Gasteiger partial charge on any atom is -0.392 e. The van der Waals surface area contributed by atoms with Crippen LogP contribution in [0.5, 0.6) is 0 Å². The summed E-state index contributed by atoms with van der Waals surface area (Å²) in [5, 5.41) is 23.6. The van der Waals surface area contributed by atoms with E-state index in [1.807, 2.05) is 92.8 Å². The summed E-state index contributed by atoms with van der Waals surface area (Å²) >= 11 is 0. The molecule has 5 atom stereocenters. The van der Waals surface area contributed by atoms with Gasteiger partial charge in [0.25, 0.3) is 5.91 Å². The van der Waals surface area contributed by atoms with Crippen LogP contribution in [0.4, 0.5) is 0 Å². The molecule has 1 saturated heterocycles. The third-order valence-electron chi connectivity index (χ3n) is 9.22. The number of pyridine rings is 1. The van der Waals surface area contributed by atoms with E-state index in [1.165, 1.54) is 0 Å². The van der Waals surface area contributed by atoms with Gasteiger partial charge in [-0.05, 0) is 65.6 Å². The first-order valence-electron chi connectivity index (χ1n) is 16.7. The Kier molecular flexibility index (Phi) is 11.3. The molecular formula is C41H43N3O5. The number of hydrogen-bond donors (Lipinski definition) is 3. The summed E-state index contributed by atoms with van der Waals surface area (Å²) in [5.41, 5.74) is 7.27. The summed E-state index contributed by atoms with van der Waals surface area (Å²) in [5.74, 6) is -0.163. The van der Waals surface area contributed by atoms with Gasteiger partial charge in [0.2, 0.25) is 0 Å². The van der Waals surface area contributed by atoms with Crippen molar-refractivity contribution in [2.45, 2.75) is 57.1 Å². The minimum absolute atomic E-state index is 0.0120. The Labute approximate surface area is 288 Å². The zero-order valence-corrected chi connectivity index (χ0v) is 27.9. The smallest absolute Gasteiger partial charge is 0.253 e. The highest BCUT2D eigenvalue weighted by atomic mass is 16.7. The summed E-state index contributed by atoms with van der Waals surface area (Å²) in [6.07, 6.45) is 2.26. The highest BCUT2D eigenvalue weighted by molar-refractivity contribution is 5.93. The van der Waals surface area contributed by atoms with Gasteiger partial charge in [-0.3, -0.25) is 14.7 Å². The number of likely N-dealkylation sites (N-methyl/N-ethyl adjacent to an activating group) is 1. The summed E-state index contributed by atoms with van der Waals surface area (Å²) < 4.78 is 13.2. The fourth-order valence-electron chi connectivity index (χ4n) is 6.17. The molecule has 0 spiro atoms. The van der Waals surface area contributed by atoms with Crippen LogP contribution in [0.2, 0.25) is 0 Å². The maximum atomic E-state index is 12.5. The second-order valence-electron chi connectivity index (χ2n) is 12.6. The highest BCUT2D eigenvalue weighted by Crippen LogP contribution is 2.39. The van der Waals surface area contributed by atoms with Crippen LogP contribution in [-0.2, 0) is 22.6 Å². The van der Waals surface area contributed by atoms with Crippen molar-refractivity contribution in [3.63, 3.8) is 0 Å². The normalized spacial score (nSPS) is 18.9. The molecule has 4 aromatic carbocycles. The lowest BCUT2D eigenvalue weighted by molar-refractivity contribution is -0.253. The van der Waals surface area contributed by atoms with Crippen LogP contribution in [-0.4, -0.2) is 51.7 Å². The second kappa shape index (κ2) is 16.1. The van der Waals surface area contributed by atoms with E-state index in [2.05, 4.69) is 39.5 Å². The van der Waals surface area contributed by atoms with Gasteiger partial charge < -0.3 is 25.0 Å². The third kappa shape index (κ3) is 8.67. The van der Waals surface area contributed by atoms with Crippen molar-refractivity contribution in [1.29, 1.82) is 0 Å². The fraction of sp³-hybridized carbons (Fsp3) is 0.268. The predicted octanol–water partition coefficient (Wildman–Crippen LogP) is 6.77. The maximum absolute atomic E-state index is 12.5. The lowest BCUT2D eigenvalue weighted by Gasteiger charge is -2.39. The standard InChI is InChI=1S/C41H43N3O5/c1-28(39(46)33-9-4-3-5-10-33)44(2)26-37-23-38(32-15-13-29(27-45)14-16-32)49-41(48-37)34-19-17-31(18-20-34)35-11-6-8-30(22-35)24-43-40(47)36-12-7-21-42-25-36/h3-22,25,28,37-39,41,45-46H,23-24,26-27H2,1-2H3,(H,43,47)/t28-,37-,38+,39-,41+/m1/s1. The van der Waals surface area contributed by atoms with Crippen molar-refractivity contribution in [3.8, 4) is 11.1 Å². The molecule has 1 amide bonds. The Morgan fingerprint density at radius 2 is 1.63 bits per heavy atom. The molecule has 49 heavy (non-hydrogen) atoms. The number of carbonyl (C=O) groups is 1. The first-order valence-corrected chi connectivity index (χ1v) is 16.7. The van der Waals surface area contributed by atoms with Gasteiger partial charge in [0.15, 0.2) is 6.29 Å². The third-order valence-corrected chi connectivity index (χ3v) is 9.22. The van der Waals surface area contributed by atoms with Gasteiger partial charge in [-0.15, -0.1) is 0 Å². The van der Waals surface area contributed by atoms with E-state index in [0.717, 1.165) is 38.9 Å². The summed E-state index contributed by atoms with van der Waals surface area (Å²) in [4.78, 5) is 18.7. The van der Waals surface area contributed by atoms with Crippen molar-refractivity contribution in [2.24, 2.45) is 0 Å². The summed E-state index contributed by atoms with van der Waals surface area (Å²) in [6, 6.07) is 37.3. The molecule has 0 aliphatic carbocycles. The lowest BCUT2D eigenvalue weighted by Crippen LogP contribution is -2.43. The average molecular weight is 658 g/mol. The largest absolute Gasteiger partial charge is 0.392 e. The lowest BCUT2D eigenvalue weighted by atomic mass is 9.98. The number of ether oxygens (including phenoxy) is 2. The van der Waals surface area contributed by atoms with Crippen LogP contribution < -0.4 is 5.32 Å². The Morgan fingerprint density at radius 1 is 0.878 bits per heavy atom. The maximum Gasteiger partial charge on any atom is 0.253 e. The number of aliphatic hydroxyl groups excluding tert-OH is 2. The molecule has 6 rings (SSSR count). The summed E-state index contributed by atoms with van der Waals surface area (Å²) in [6.45, 7) is 3.03. The molecule has 252 valence electrons. The van der Waals surface area contributed by atoms with Gasteiger partial charge in [-0.1, -0.05) is 97.1 Å². The molecule has 3 N–H and O–H groups in total. The zero-order chi connectivity index (χ0) is 34.2. The minimum atomic E-state index is -0.632. The Morgan fingerprint density at radius 3 is 2.35 bits per heavy atom. The van der Waals surface area contributed by atoms with Crippen LogP contribution in [0, 0.1) is 0 Å². The average Bonchev–Trinajstić information content (AvgIpc) is 3.17. The molecule has 0 bridgehead atoms. The zero-order valence-electron chi connectivity index (χ0n) is 27.9. The number of rotatable bonds is 12. The first kappa shape index (κ1) is 34.2. The summed E-state index contributed by atoms with van der Waals surface area (Å²) in [7, 11) is 2.02. The molecular weight excluding hydrogens is 614 g/mol. The van der Waals surface area contributed by atoms with E-state index in [9.17, 15) is 15.0 Å². The molecule has 8 heteroatoms. The van der Waals surface area contributed by atoms with Gasteiger partial charge in [0.05, 0.1) is 30.5 Å². The quantitative estimate of drug-likeness (QED) is 0.136. The number of nitrogens with zero attached hydrogens (tertiary/aromatic N) is 2. The van der Waals surface area contributed by atoms with E-state index in [1.54, 1.807) is 24.5 Å². The number of carbonyl (C=O) groups excluding carboxylic acids is 1. The van der Waals surface area contributed by atoms with E-state index in [0.29, 0.717) is 25.1 Å². The number of amides is 1. The molecule has 1 aliphatic rings. The molecule has 1 fully saturated rings. The van der Waals surface area contributed by atoms with Crippen LogP contribution in [0.15, 0.2) is 128 Å². The molecule has 2 heterocycles. The SMILES string of the molecule is C[C@H]([C@@H](O)c1ccccc1)N(C)C[C@H]1C[C@@H](c2ccc(CO)cc2)O[C@@H](c2ccc(-c3cccc(CNC(=O)c4cccnc4)c3)cc2)O1. The molecule has 1 aliphatic heterocycles. The van der Waals surface area contributed by atoms with Crippen LogP contribution >= 0.6 is 0 Å². The van der Waals surface area contributed by atoms with Gasteiger partial charge >= 0.3 is 0 Å². The number of aliphatic hydroxyl groups is 2. The molecule has 8 nitrogen and oxygen atoms in total. The van der Waals surface area contributed by atoms with Crippen LogP contribution in [0.3, 0.4) is 0 Å². The molecule has 0 unspecified atom stereocenters. The second-order valence-corrected chi connectivity index (χ2v) is 12.6. The first-order chi connectivity index (χ1) is 23.9. The van der Waals surface area contributed by atoms with Crippen molar-refractivity contribution in [2.75, 3.05) is 13.6 Å². The molecule has 5 aromatic rings. The number of benzene rings is 4. The van der Waals surface area contributed by atoms with Crippen LogP contribution in [0.25, 0.3) is 11.1 Å². The van der Waals surface area contributed by atoms with Gasteiger partial charge in [-0.25, -0.2) is 0 Å². The van der Waals surface area contributed by atoms with Gasteiger partial charge in [0, 0.05) is 43.5 Å². The topological polar surface area (TPSA) is 104 Å². The van der Waals surface area contributed by atoms with E-state index in [4.69, 9.17) is 9.47 Å². The van der Waals surface area contributed by atoms with E-state index < -0.39 is 12.4 Å².